The summed E-state index contributed by atoms with van der Waals surface area (Å²) in [6.07, 6.45) is 3.48. The molecule has 4 heteroatoms. The molecule has 4 nitrogen and oxygen atoms in total. The van der Waals surface area contributed by atoms with E-state index in [-0.39, 0.29) is 0 Å². The lowest BCUT2D eigenvalue weighted by molar-refractivity contribution is -0.111. The van der Waals surface area contributed by atoms with Crippen molar-refractivity contribution >= 4 is 18.5 Å². The van der Waals surface area contributed by atoms with E-state index < -0.39 is 17.2 Å². The van der Waals surface area contributed by atoms with Gasteiger partial charge < -0.3 is 14.8 Å². The predicted octanol–water partition coefficient (Wildman–Crippen LogP) is 3.18. The number of carbonyl (C=O) groups is 2. The molecule has 0 heterocycles. The second-order valence-corrected chi connectivity index (χ2v) is 5.77. The first-order chi connectivity index (χ1) is 9.24. The van der Waals surface area contributed by atoms with E-state index in [1.807, 2.05) is 30.3 Å². The van der Waals surface area contributed by atoms with Gasteiger partial charge in [-0.25, -0.2) is 4.79 Å². The molecular formula is C16H21NO3. The molecule has 108 valence electrons. The Bertz CT molecular complexity index is 488. The Morgan fingerprint density at radius 2 is 1.75 bits per heavy atom. The van der Waals surface area contributed by atoms with Crippen molar-refractivity contribution in [3.8, 4) is 0 Å². The van der Waals surface area contributed by atoms with E-state index in [2.05, 4.69) is 5.32 Å². The number of alkyl carbamates (subject to hydrolysis) is 1. The van der Waals surface area contributed by atoms with Crippen molar-refractivity contribution in [2.24, 2.45) is 0 Å². The lowest BCUT2D eigenvalue weighted by Crippen LogP contribution is -2.47. The van der Waals surface area contributed by atoms with Gasteiger partial charge in [-0.2, -0.15) is 0 Å². The van der Waals surface area contributed by atoms with Crippen LogP contribution < -0.4 is 5.32 Å². The first kappa shape index (κ1) is 16.0. The molecule has 0 saturated carbocycles. The molecule has 1 N–H and O–H groups in total. The fourth-order valence-corrected chi connectivity index (χ4v) is 1.47. The Hall–Kier alpha value is -2.10. The van der Waals surface area contributed by atoms with Crippen molar-refractivity contribution in [1.29, 1.82) is 0 Å². The molecule has 0 aliphatic carbocycles. The van der Waals surface area contributed by atoms with Crippen LogP contribution in [0.1, 0.15) is 33.3 Å². The first-order valence-corrected chi connectivity index (χ1v) is 6.46. The second-order valence-electron chi connectivity index (χ2n) is 5.77. The third kappa shape index (κ3) is 5.69. The third-order valence-electron chi connectivity index (χ3n) is 2.44. The molecule has 1 atom stereocenters. The van der Waals surface area contributed by atoms with Gasteiger partial charge in [-0.15, -0.1) is 0 Å². The van der Waals surface area contributed by atoms with Crippen molar-refractivity contribution < 1.29 is 14.3 Å². The van der Waals surface area contributed by atoms with E-state index in [0.29, 0.717) is 6.29 Å². The van der Waals surface area contributed by atoms with E-state index in [1.165, 1.54) is 0 Å². The minimum atomic E-state index is -1.10. The normalized spacial score (nSPS) is 14.6. The Labute approximate surface area is 119 Å². The van der Waals surface area contributed by atoms with Gasteiger partial charge in [-0.1, -0.05) is 42.5 Å². The number of benzene rings is 1. The minimum Gasteiger partial charge on any atom is -0.444 e. The molecule has 0 aromatic heterocycles. The summed E-state index contributed by atoms with van der Waals surface area (Å²) in [5.41, 5.74) is -0.749. The summed E-state index contributed by atoms with van der Waals surface area (Å²) in [4.78, 5) is 22.9. The summed E-state index contributed by atoms with van der Waals surface area (Å²) >= 11 is 0. The maximum absolute atomic E-state index is 11.7. The highest BCUT2D eigenvalue weighted by Gasteiger charge is 2.25. The number of hydrogen-bond donors (Lipinski definition) is 1. The van der Waals surface area contributed by atoms with Gasteiger partial charge in [-0.3, -0.25) is 0 Å². The molecule has 0 bridgehead atoms. The van der Waals surface area contributed by atoms with Gasteiger partial charge in [0.15, 0.2) is 0 Å². The van der Waals surface area contributed by atoms with Crippen LogP contribution >= 0.6 is 0 Å². The Balaban J connectivity index is 2.75. The summed E-state index contributed by atoms with van der Waals surface area (Å²) in [6.45, 7) is 6.92. The second kappa shape index (κ2) is 6.37. The Kier molecular flexibility index (Phi) is 5.08. The van der Waals surface area contributed by atoms with E-state index in [0.717, 1.165) is 5.56 Å². The fourth-order valence-electron chi connectivity index (χ4n) is 1.47. The number of nitrogens with one attached hydrogen (secondary N) is 1. The number of hydrogen-bond acceptors (Lipinski definition) is 3. The van der Waals surface area contributed by atoms with E-state index in [9.17, 15) is 9.59 Å². The van der Waals surface area contributed by atoms with Crippen molar-refractivity contribution in [3.63, 3.8) is 0 Å². The number of amides is 1. The zero-order valence-electron chi connectivity index (χ0n) is 12.3. The van der Waals surface area contributed by atoms with E-state index in [1.54, 1.807) is 39.8 Å². The highest BCUT2D eigenvalue weighted by Crippen LogP contribution is 2.11. The highest BCUT2D eigenvalue weighted by molar-refractivity contribution is 5.79. The van der Waals surface area contributed by atoms with Crippen LogP contribution in [0.15, 0.2) is 36.4 Å². The highest BCUT2D eigenvalue weighted by atomic mass is 16.6. The van der Waals surface area contributed by atoms with E-state index in [4.69, 9.17) is 4.74 Å². The molecule has 1 aromatic carbocycles. The molecule has 0 saturated heterocycles. The zero-order valence-corrected chi connectivity index (χ0v) is 12.3. The predicted molar refractivity (Wildman–Crippen MR) is 79.3 cm³/mol. The SMILES string of the molecule is CC(C=O)(/C=C/c1ccccc1)NC(=O)OC(C)(C)C. The third-order valence-corrected chi connectivity index (χ3v) is 2.44. The monoisotopic (exact) mass is 275 g/mol. The molecule has 0 fully saturated rings. The standard InChI is InChI=1S/C16H21NO3/c1-15(2,3)20-14(19)17-16(4,12-18)11-10-13-8-6-5-7-9-13/h5-12H,1-4H3,(H,17,19)/b11-10+. The van der Waals surface area contributed by atoms with Gasteiger partial charge in [0.05, 0.1) is 0 Å². The molecule has 0 spiro atoms. The number of ether oxygens (including phenoxy) is 1. The van der Waals surface area contributed by atoms with Gasteiger partial charge in [0.2, 0.25) is 0 Å². The molecule has 20 heavy (non-hydrogen) atoms. The average Bonchev–Trinajstić information content (AvgIpc) is 2.35. The molecule has 1 unspecified atom stereocenters. The quantitative estimate of drug-likeness (QED) is 0.859. The van der Waals surface area contributed by atoms with Crippen LogP contribution in [0, 0.1) is 0 Å². The lowest BCUT2D eigenvalue weighted by Gasteiger charge is -2.25. The maximum atomic E-state index is 11.7. The lowest BCUT2D eigenvalue weighted by atomic mass is 10.0. The fraction of sp³-hybridized carbons (Fsp3) is 0.375. The summed E-state index contributed by atoms with van der Waals surface area (Å²) in [7, 11) is 0. The van der Waals surface area contributed by atoms with Crippen molar-refractivity contribution in [3.05, 3.63) is 42.0 Å². The van der Waals surface area contributed by atoms with Crippen molar-refractivity contribution in [2.75, 3.05) is 0 Å². The molecule has 1 amide bonds. The Morgan fingerprint density at radius 1 is 1.15 bits per heavy atom. The van der Waals surface area contributed by atoms with Gasteiger partial charge in [0.25, 0.3) is 0 Å². The van der Waals surface area contributed by atoms with Crippen LogP contribution in [0.25, 0.3) is 6.08 Å². The molecular weight excluding hydrogens is 254 g/mol. The van der Waals surface area contributed by atoms with Crippen LogP contribution in [-0.4, -0.2) is 23.5 Å². The molecule has 1 rings (SSSR count). The maximum Gasteiger partial charge on any atom is 0.408 e. The summed E-state index contributed by atoms with van der Waals surface area (Å²) < 4.78 is 5.14. The van der Waals surface area contributed by atoms with Gasteiger partial charge in [0.1, 0.15) is 17.4 Å². The summed E-state index contributed by atoms with van der Waals surface area (Å²) in [6, 6.07) is 9.54. The van der Waals surface area contributed by atoms with Crippen molar-refractivity contribution in [1.82, 2.24) is 5.32 Å². The number of aldehydes is 1. The first-order valence-electron chi connectivity index (χ1n) is 6.46. The van der Waals surface area contributed by atoms with Gasteiger partial charge in [-0.05, 0) is 33.3 Å². The van der Waals surface area contributed by atoms with Crippen LogP contribution in [0.4, 0.5) is 4.79 Å². The summed E-state index contributed by atoms with van der Waals surface area (Å²) in [5, 5.41) is 2.55. The zero-order chi connectivity index (χ0) is 15.2. The minimum absolute atomic E-state index is 0.600. The molecule has 0 aliphatic heterocycles. The average molecular weight is 275 g/mol. The smallest absolute Gasteiger partial charge is 0.408 e. The van der Waals surface area contributed by atoms with Gasteiger partial charge in [0, 0.05) is 0 Å². The number of carbonyl (C=O) groups excluding carboxylic acids is 2. The van der Waals surface area contributed by atoms with Gasteiger partial charge >= 0.3 is 6.09 Å². The molecule has 1 aromatic rings. The van der Waals surface area contributed by atoms with Crippen LogP contribution in [0.5, 0.6) is 0 Å². The summed E-state index contributed by atoms with van der Waals surface area (Å²) in [5.74, 6) is 0. The topological polar surface area (TPSA) is 55.4 Å². The largest absolute Gasteiger partial charge is 0.444 e. The van der Waals surface area contributed by atoms with Crippen LogP contribution in [-0.2, 0) is 9.53 Å². The van der Waals surface area contributed by atoms with Crippen molar-refractivity contribution in [2.45, 2.75) is 38.8 Å². The van der Waals surface area contributed by atoms with Crippen LogP contribution in [0.3, 0.4) is 0 Å². The number of rotatable bonds is 4. The molecule has 0 aliphatic rings. The Morgan fingerprint density at radius 3 is 2.25 bits per heavy atom. The van der Waals surface area contributed by atoms with Crippen LogP contribution in [0.2, 0.25) is 0 Å². The molecule has 0 radical (unpaired) electrons. The van der Waals surface area contributed by atoms with E-state index >= 15 is 0 Å².